The van der Waals surface area contributed by atoms with Crippen molar-refractivity contribution in [3.63, 3.8) is 0 Å². The van der Waals surface area contributed by atoms with Gasteiger partial charge in [0, 0.05) is 43.1 Å². The Hall–Kier alpha value is -2.34. The summed E-state index contributed by atoms with van der Waals surface area (Å²) in [5.74, 6) is -0.174. The van der Waals surface area contributed by atoms with Gasteiger partial charge in [-0.1, -0.05) is 6.07 Å². The molecular formula is C15H20N4O2. The number of aromatic nitrogens is 2. The molecule has 6 nitrogen and oxygen atoms in total. The third-order valence-corrected chi connectivity index (χ3v) is 3.22. The highest BCUT2D eigenvalue weighted by Crippen LogP contribution is 2.19. The van der Waals surface area contributed by atoms with Crippen LogP contribution in [0.3, 0.4) is 0 Å². The van der Waals surface area contributed by atoms with Gasteiger partial charge in [-0.05, 0) is 24.6 Å². The Labute approximate surface area is 123 Å². The maximum Gasteiger partial charge on any atom is 0.251 e. The summed E-state index contributed by atoms with van der Waals surface area (Å²) in [6.45, 7) is 2.74. The third-order valence-electron chi connectivity index (χ3n) is 3.22. The molecule has 0 saturated heterocycles. The smallest absolute Gasteiger partial charge is 0.251 e. The summed E-state index contributed by atoms with van der Waals surface area (Å²) >= 11 is 0. The average molecular weight is 288 g/mol. The molecule has 0 aliphatic rings. The summed E-state index contributed by atoms with van der Waals surface area (Å²) < 4.78 is 1.75. The Morgan fingerprint density at radius 3 is 2.90 bits per heavy atom. The SMILES string of the molecule is Cc1c(NCc2cnn(C)c2)cccc1C(=O)NCCO. The number of anilines is 1. The minimum atomic E-state index is -0.174. The molecule has 0 fully saturated rings. The number of amides is 1. The van der Waals surface area contributed by atoms with E-state index in [2.05, 4.69) is 15.7 Å². The topological polar surface area (TPSA) is 79.2 Å². The van der Waals surface area contributed by atoms with E-state index in [4.69, 9.17) is 5.11 Å². The third kappa shape index (κ3) is 3.82. The van der Waals surface area contributed by atoms with Crippen molar-refractivity contribution in [2.24, 2.45) is 7.05 Å². The van der Waals surface area contributed by atoms with Crippen LogP contribution in [0.4, 0.5) is 5.69 Å². The van der Waals surface area contributed by atoms with Gasteiger partial charge < -0.3 is 15.7 Å². The van der Waals surface area contributed by atoms with Gasteiger partial charge in [0.05, 0.1) is 12.8 Å². The van der Waals surface area contributed by atoms with E-state index in [-0.39, 0.29) is 19.1 Å². The largest absolute Gasteiger partial charge is 0.395 e. The van der Waals surface area contributed by atoms with Crippen LogP contribution in [0.5, 0.6) is 0 Å². The molecule has 0 atom stereocenters. The normalized spacial score (nSPS) is 10.4. The zero-order valence-electron chi connectivity index (χ0n) is 12.3. The van der Waals surface area contributed by atoms with E-state index in [0.717, 1.165) is 16.8 Å². The highest BCUT2D eigenvalue weighted by molar-refractivity contribution is 5.97. The van der Waals surface area contributed by atoms with Crippen molar-refractivity contribution in [1.29, 1.82) is 0 Å². The second kappa shape index (κ2) is 6.90. The first-order chi connectivity index (χ1) is 10.1. The van der Waals surface area contributed by atoms with Gasteiger partial charge in [-0.15, -0.1) is 0 Å². The fraction of sp³-hybridized carbons (Fsp3) is 0.333. The van der Waals surface area contributed by atoms with Crippen LogP contribution in [-0.2, 0) is 13.6 Å². The Morgan fingerprint density at radius 2 is 2.24 bits per heavy atom. The van der Waals surface area contributed by atoms with Crippen molar-refractivity contribution < 1.29 is 9.90 Å². The van der Waals surface area contributed by atoms with Crippen LogP contribution < -0.4 is 10.6 Å². The van der Waals surface area contributed by atoms with E-state index in [1.807, 2.05) is 32.3 Å². The van der Waals surface area contributed by atoms with Crippen molar-refractivity contribution in [3.8, 4) is 0 Å². The first kappa shape index (κ1) is 15.1. The van der Waals surface area contributed by atoms with Gasteiger partial charge in [0.2, 0.25) is 0 Å². The van der Waals surface area contributed by atoms with Gasteiger partial charge in [0.1, 0.15) is 0 Å². The van der Waals surface area contributed by atoms with Crippen LogP contribution in [0.2, 0.25) is 0 Å². The lowest BCUT2D eigenvalue weighted by molar-refractivity contribution is 0.0944. The van der Waals surface area contributed by atoms with Crippen molar-refractivity contribution in [2.75, 3.05) is 18.5 Å². The summed E-state index contributed by atoms with van der Waals surface area (Å²) in [6.07, 6.45) is 3.75. The molecule has 1 heterocycles. The molecule has 0 spiro atoms. The quantitative estimate of drug-likeness (QED) is 0.742. The van der Waals surface area contributed by atoms with E-state index in [0.29, 0.717) is 12.1 Å². The van der Waals surface area contributed by atoms with Crippen molar-refractivity contribution in [3.05, 3.63) is 47.3 Å². The van der Waals surface area contributed by atoms with Crippen molar-refractivity contribution in [2.45, 2.75) is 13.5 Å². The van der Waals surface area contributed by atoms with E-state index in [1.165, 1.54) is 0 Å². The molecule has 6 heteroatoms. The fourth-order valence-electron chi connectivity index (χ4n) is 2.10. The zero-order valence-corrected chi connectivity index (χ0v) is 12.3. The number of carbonyl (C=O) groups is 1. The summed E-state index contributed by atoms with van der Waals surface area (Å²) in [5.41, 5.74) is 3.49. The zero-order chi connectivity index (χ0) is 15.2. The molecule has 0 unspecified atom stereocenters. The molecule has 0 aliphatic carbocycles. The molecule has 21 heavy (non-hydrogen) atoms. The van der Waals surface area contributed by atoms with Crippen LogP contribution in [0, 0.1) is 6.92 Å². The van der Waals surface area contributed by atoms with Crippen molar-refractivity contribution in [1.82, 2.24) is 15.1 Å². The molecule has 2 aromatic rings. The standard InChI is InChI=1S/C15H20N4O2/c1-11-13(15(21)16-6-7-20)4-3-5-14(11)17-8-12-9-18-19(2)10-12/h3-5,9-10,17,20H,6-8H2,1-2H3,(H,16,21). The Bertz CT molecular complexity index is 622. The number of nitrogens with zero attached hydrogens (tertiary/aromatic N) is 2. The van der Waals surface area contributed by atoms with Gasteiger partial charge in [-0.2, -0.15) is 5.10 Å². The predicted octanol–water partition coefficient (Wildman–Crippen LogP) is 1.06. The van der Waals surface area contributed by atoms with Crippen LogP contribution >= 0.6 is 0 Å². The molecule has 3 N–H and O–H groups in total. The van der Waals surface area contributed by atoms with E-state index < -0.39 is 0 Å². The van der Waals surface area contributed by atoms with Crippen molar-refractivity contribution >= 4 is 11.6 Å². The number of benzene rings is 1. The lowest BCUT2D eigenvalue weighted by atomic mass is 10.1. The first-order valence-corrected chi connectivity index (χ1v) is 6.82. The second-order valence-electron chi connectivity index (χ2n) is 4.83. The predicted molar refractivity (Wildman–Crippen MR) is 81.1 cm³/mol. The molecule has 2 rings (SSSR count). The van der Waals surface area contributed by atoms with Crippen LogP contribution in [0.1, 0.15) is 21.5 Å². The number of hydrogen-bond acceptors (Lipinski definition) is 4. The molecular weight excluding hydrogens is 268 g/mol. The molecule has 112 valence electrons. The van der Waals surface area contributed by atoms with Crippen LogP contribution in [-0.4, -0.2) is 33.9 Å². The fourth-order valence-corrected chi connectivity index (χ4v) is 2.10. The number of nitrogens with one attached hydrogen (secondary N) is 2. The number of aliphatic hydroxyl groups excluding tert-OH is 1. The van der Waals surface area contributed by atoms with Crippen LogP contribution in [0.15, 0.2) is 30.6 Å². The Morgan fingerprint density at radius 1 is 1.43 bits per heavy atom. The number of hydrogen-bond donors (Lipinski definition) is 3. The average Bonchev–Trinajstić information content (AvgIpc) is 2.89. The molecule has 0 saturated carbocycles. The summed E-state index contributed by atoms with van der Waals surface area (Å²) in [5, 5.41) is 18.9. The Balaban J connectivity index is 2.08. The van der Waals surface area contributed by atoms with Gasteiger partial charge in [0.25, 0.3) is 5.91 Å². The lowest BCUT2D eigenvalue weighted by Crippen LogP contribution is -2.27. The van der Waals surface area contributed by atoms with E-state index in [9.17, 15) is 4.79 Å². The number of rotatable bonds is 6. The maximum atomic E-state index is 12.0. The van der Waals surface area contributed by atoms with Gasteiger partial charge in [-0.25, -0.2) is 0 Å². The van der Waals surface area contributed by atoms with E-state index >= 15 is 0 Å². The molecule has 0 radical (unpaired) electrons. The minimum Gasteiger partial charge on any atom is -0.395 e. The summed E-state index contributed by atoms with van der Waals surface area (Å²) in [6, 6.07) is 5.55. The van der Waals surface area contributed by atoms with Gasteiger partial charge in [-0.3, -0.25) is 9.48 Å². The molecule has 0 bridgehead atoms. The first-order valence-electron chi connectivity index (χ1n) is 6.82. The highest BCUT2D eigenvalue weighted by atomic mass is 16.3. The van der Waals surface area contributed by atoms with Gasteiger partial charge >= 0.3 is 0 Å². The molecule has 1 aromatic heterocycles. The summed E-state index contributed by atoms with van der Waals surface area (Å²) in [4.78, 5) is 12.0. The van der Waals surface area contributed by atoms with Crippen LogP contribution in [0.25, 0.3) is 0 Å². The maximum absolute atomic E-state index is 12.0. The second-order valence-corrected chi connectivity index (χ2v) is 4.83. The lowest BCUT2D eigenvalue weighted by Gasteiger charge is -2.12. The number of aliphatic hydroxyl groups is 1. The van der Waals surface area contributed by atoms with E-state index in [1.54, 1.807) is 16.9 Å². The minimum absolute atomic E-state index is 0.0657. The highest BCUT2D eigenvalue weighted by Gasteiger charge is 2.11. The monoisotopic (exact) mass is 288 g/mol. The number of carbonyl (C=O) groups excluding carboxylic acids is 1. The Kier molecular flexibility index (Phi) is 4.94. The molecule has 0 aliphatic heterocycles. The molecule has 1 amide bonds. The molecule has 1 aromatic carbocycles. The van der Waals surface area contributed by atoms with Gasteiger partial charge in [0.15, 0.2) is 0 Å². The summed E-state index contributed by atoms with van der Waals surface area (Å²) in [7, 11) is 1.88. The number of aryl methyl sites for hydroxylation is 1.